The van der Waals surface area contributed by atoms with Crippen molar-refractivity contribution in [3.8, 4) is 0 Å². The monoisotopic (exact) mass is 291 g/mol. The number of fused-ring (bicyclic) bond motifs is 1. The van der Waals surface area contributed by atoms with Crippen LogP contribution in [0, 0.1) is 0 Å². The highest BCUT2D eigenvalue weighted by atomic mass is 16.5. The van der Waals surface area contributed by atoms with Gasteiger partial charge in [0.05, 0.1) is 0 Å². The Bertz CT molecular complexity index is 511. The third kappa shape index (κ3) is 2.71. The first-order valence-electron chi connectivity index (χ1n) is 8.11. The van der Waals surface area contributed by atoms with Crippen LogP contribution in [0.4, 0.5) is 0 Å². The van der Waals surface area contributed by atoms with E-state index in [1.807, 2.05) is 18.7 Å². The number of hydrogen-bond acceptors (Lipinski definition) is 4. The molecule has 0 N–H and O–H groups in total. The Hall–Kier alpha value is -1.36. The van der Waals surface area contributed by atoms with Crippen LogP contribution in [0.15, 0.2) is 10.6 Å². The lowest BCUT2D eigenvalue weighted by Gasteiger charge is -2.43. The number of rotatable bonds is 3. The second-order valence-corrected chi connectivity index (χ2v) is 6.58. The maximum Gasteiger partial charge on any atom is 0.276 e. The smallest absolute Gasteiger partial charge is 0.276 e. The Kier molecular flexibility index (Phi) is 4.02. The van der Waals surface area contributed by atoms with Crippen molar-refractivity contribution in [1.82, 2.24) is 15.0 Å². The molecule has 116 valence electrons. The molecule has 1 aromatic heterocycles. The fraction of sp³-hybridized carbons (Fsp3) is 0.750. The van der Waals surface area contributed by atoms with Crippen molar-refractivity contribution in [3.05, 3.63) is 17.5 Å². The predicted octanol–water partition coefficient (Wildman–Crippen LogP) is 2.50. The van der Waals surface area contributed by atoms with E-state index in [9.17, 15) is 4.79 Å². The van der Waals surface area contributed by atoms with Crippen LogP contribution in [0.1, 0.15) is 62.2 Å². The summed E-state index contributed by atoms with van der Waals surface area (Å²) in [5.74, 6) is 1.07. The van der Waals surface area contributed by atoms with E-state index in [1.165, 1.54) is 19.4 Å². The first kappa shape index (κ1) is 14.6. The maximum atomic E-state index is 12.8. The van der Waals surface area contributed by atoms with E-state index in [0.29, 0.717) is 17.8 Å². The molecule has 0 bridgehead atoms. The number of piperazine rings is 1. The van der Waals surface area contributed by atoms with Gasteiger partial charge in [-0.05, 0) is 25.8 Å². The lowest BCUT2D eigenvalue weighted by molar-refractivity contribution is 0.0337. The zero-order valence-corrected chi connectivity index (χ0v) is 13.2. The van der Waals surface area contributed by atoms with Gasteiger partial charge in [0.2, 0.25) is 0 Å². The van der Waals surface area contributed by atoms with E-state index < -0.39 is 0 Å². The SMILES string of the molecule is CC[C@H]1CN2CCC[C@H]2CN1C(=O)c1cc(C(C)C)on1. The minimum atomic E-state index is 0.0315. The van der Waals surface area contributed by atoms with Gasteiger partial charge in [-0.1, -0.05) is 25.9 Å². The number of hydrogen-bond donors (Lipinski definition) is 0. The normalized spacial score (nSPS) is 26.4. The number of amides is 1. The van der Waals surface area contributed by atoms with E-state index in [1.54, 1.807) is 6.07 Å². The van der Waals surface area contributed by atoms with Crippen LogP contribution in [-0.4, -0.2) is 52.6 Å². The summed E-state index contributed by atoms with van der Waals surface area (Å²) in [5.41, 5.74) is 0.462. The molecule has 3 rings (SSSR count). The number of nitrogens with zero attached hydrogens (tertiary/aromatic N) is 3. The molecule has 21 heavy (non-hydrogen) atoms. The van der Waals surface area contributed by atoms with E-state index in [0.717, 1.165) is 25.3 Å². The van der Waals surface area contributed by atoms with Crippen molar-refractivity contribution < 1.29 is 9.32 Å². The molecule has 1 amide bonds. The van der Waals surface area contributed by atoms with Gasteiger partial charge < -0.3 is 9.42 Å². The van der Waals surface area contributed by atoms with E-state index in [-0.39, 0.29) is 11.8 Å². The first-order chi connectivity index (χ1) is 10.1. The second-order valence-electron chi connectivity index (χ2n) is 6.58. The standard InChI is InChI=1S/C16H25N3O2/c1-4-12-9-18-7-5-6-13(18)10-19(12)16(20)14-8-15(11(2)3)21-17-14/h8,11-13H,4-7,9-10H2,1-3H3/t12-,13-/m0/s1. The third-order valence-corrected chi connectivity index (χ3v) is 4.84. The van der Waals surface area contributed by atoms with Crippen molar-refractivity contribution >= 4 is 5.91 Å². The average Bonchev–Trinajstić information content (AvgIpc) is 3.13. The Balaban J connectivity index is 1.78. The van der Waals surface area contributed by atoms with Gasteiger partial charge in [-0.25, -0.2) is 0 Å². The highest BCUT2D eigenvalue weighted by Gasteiger charge is 2.38. The summed E-state index contributed by atoms with van der Waals surface area (Å²) >= 11 is 0. The number of carbonyl (C=O) groups is 1. The van der Waals surface area contributed by atoms with Crippen LogP contribution in [0.5, 0.6) is 0 Å². The Morgan fingerprint density at radius 3 is 2.95 bits per heavy atom. The van der Waals surface area contributed by atoms with Gasteiger partial charge in [0, 0.05) is 37.2 Å². The number of aromatic nitrogens is 1. The largest absolute Gasteiger partial charge is 0.360 e. The highest BCUT2D eigenvalue weighted by molar-refractivity contribution is 5.92. The average molecular weight is 291 g/mol. The van der Waals surface area contributed by atoms with Crippen LogP contribution < -0.4 is 0 Å². The van der Waals surface area contributed by atoms with Gasteiger partial charge >= 0.3 is 0 Å². The lowest BCUT2D eigenvalue weighted by Crippen LogP contribution is -2.57. The zero-order chi connectivity index (χ0) is 15.0. The summed E-state index contributed by atoms with van der Waals surface area (Å²) in [6, 6.07) is 2.64. The molecule has 0 radical (unpaired) electrons. The van der Waals surface area contributed by atoms with Crippen molar-refractivity contribution in [2.24, 2.45) is 0 Å². The quantitative estimate of drug-likeness (QED) is 0.858. The Morgan fingerprint density at radius 2 is 2.29 bits per heavy atom. The second kappa shape index (κ2) is 5.79. The zero-order valence-electron chi connectivity index (χ0n) is 13.2. The lowest BCUT2D eigenvalue weighted by atomic mass is 10.0. The van der Waals surface area contributed by atoms with Crippen LogP contribution in [0.3, 0.4) is 0 Å². The van der Waals surface area contributed by atoms with Crippen molar-refractivity contribution in [3.63, 3.8) is 0 Å². The summed E-state index contributed by atoms with van der Waals surface area (Å²) in [5, 5.41) is 3.99. The summed E-state index contributed by atoms with van der Waals surface area (Å²) in [4.78, 5) is 17.3. The van der Waals surface area contributed by atoms with Crippen molar-refractivity contribution in [1.29, 1.82) is 0 Å². The van der Waals surface area contributed by atoms with Gasteiger partial charge in [-0.15, -0.1) is 0 Å². The van der Waals surface area contributed by atoms with Gasteiger partial charge in [0.1, 0.15) is 5.76 Å². The summed E-state index contributed by atoms with van der Waals surface area (Å²) in [6.45, 7) is 9.26. The molecule has 0 saturated carbocycles. The van der Waals surface area contributed by atoms with Gasteiger partial charge in [-0.2, -0.15) is 0 Å². The molecule has 2 atom stereocenters. The fourth-order valence-electron chi connectivity index (χ4n) is 3.50. The topological polar surface area (TPSA) is 49.6 Å². The molecule has 0 aromatic carbocycles. The van der Waals surface area contributed by atoms with Gasteiger partial charge in [0.15, 0.2) is 5.69 Å². The van der Waals surface area contributed by atoms with E-state index in [4.69, 9.17) is 4.52 Å². The van der Waals surface area contributed by atoms with E-state index >= 15 is 0 Å². The van der Waals surface area contributed by atoms with Crippen LogP contribution in [0.2, 0.25) is 0 Å². The third-order valence-electron chi connectivity index (χ3n) is 4.84. The minimum absolute atomic E-state index is 0.0315. The first-order valence-corrected chi connectivity index (χ1v) is 8.11. The fourth-order valence-corrected chi connectivity index (χ4v) is 3.50. The maximum absolute atomic E-state index is 12.8. The molecule has 0 spiro atoms. The predicted molar refractivity (Wildman–Crippen MR) is 80.3 cm³/mol. The molecular formula is C16H25N3O2. The Morgan fingerprint density at radius 1 is 1.48 bits per heavy atom. The molecule has 5 nitrogen and oxygen atoms in total. The Labute approximate surface area is 126 Å². The van der Waals surface area contributed by atoms with Gasteiger partial charge in [0.25, 0.3) is 5.91 Å². The molecule has 5 heteroatoms. The molecule has 2 aliphatic heterocycles. The van der Waals surface area contributed by atoms with Gasteiger partial charge in [-0.3, -0.25) is 9.69 Å². The van der Waals surface area contributed by atoms with E-state index in [2.05, 4.69) is 17.0 Å². The minimum Gasteiger partial charge on any atom is -0.360 e. The summed E-state index contributed by atoms with van der Waals surface area (Å²) in [7, 11) is 0. The van der Waals surface area contributed by atoms with Crippen LogP contribution in [-0.2, 0) is 0 Å². The molecule has 1 aromatic rings. The van der Waals surface area contributed by atoms with Crippen LogP contribution >= 0.6 is 0 Å². The summed E-state index contributed by atoms with van der Waals surface area (Å²) < 4.78 is 5.29. The molecule has 2 aliphatic rings. The molecular weight excluding hydrogens is 266 g/mol. The molecule has 0 unspecified atom stereocenters. The van der Waals surface area contributed by atoms with Crippen LogP contribution in [0.25, 0.3) is 0 Å². The molecule has 2 saturated heterocycles. The highest BCUT2D eigenvalue weighted by Crippen LogP contribution is 2.27. The molecule has 3 heterocycles. The van der Waals surface area contributed by atoms with Crippen molar-refractivity contribution in [2.45, 2.75) is 58.0 Å². The summed E-state index contributed by atoms with van der Waals surface area (Å²) in [6.07, 6.45) is 3.45. The van der Waals surface area contributed by atoms with Crippen molar-refractivity contribution in [2.75, 3.05) is 19.6 Å². The number of carbonyl (C=O) groups excluding carboxylic acids is 1. The molecule has 2 fully saturated rings. The molecule has 0 aliphatic carbocycles.